The summed E-state index contributed by atoms with van der Waals surface area (Å²) in [6.07, 6.45) is 6.87. The Morgan fingerprint density at radius 2 is 2.05 bits per heavy atom. The highest BCUT2D eigenvalue weighted by molar-refractivity contribution is 7.98. The molecule has 1 aliphatic heterocycles. The van der Waals surface area contributed by atoms with E-state index < -0.39 is 0 Å². The van der Waals surface area contributed by atoms with Crippen LogP contribution in [0, 0.1) is 0 Å². The van der Waals surface area contributed by atoms with E-state index in [2.05, 4.69) is 11.8 Å². The van der Waals surface area contributed by atoms with Crippen molar-refractivity contribution >= 4 is 33.3 Å². The molecule has 0 spiro atoms. The van der Waals surface area contributed by atoms with Crippen LogP contribution >= 0.6 is 23.1 Å². The van der Waals surface area contributed by atoms with Crippen molar-refractivity contribution in [1.82, 2.24) is 14.5 Å². The largest absolute Gasteiger partial charge is 0.302 e. The van der Waals surface area contributed by atoms with Crippen molar-refractivity contribution in [3.63, 3.8) is 0 Å². The molecule has 1 saturated heterocycles. The van der Waals surface area contributed by atoms with Gasteiger partial charge in [0, 0.05) is 18.0 Å². The van der Waals surface area contributed by atoms with Gasteiger partial charge in [0.2, 0.25) is 0 Å². The minimum atomic E-state index is 0.127. The van der Waals surface area contributed by atoms with Gasteiger partial charge in [0.1, 0.15) is 4.83 Å². The highest BCUT2D eigenvalue weighted by atomic mass is 32.2. The molecule has 3 heterocycles. The molecule has 0 unspecified atom stereocenters. The van der Waals surface area contributed by atoms with E-state index in [1.54, 1.807) is 23.1 Å². The normalized spacial score (nSPS) is 16.5. The number of aromatic nitrogens is 2. The van der Waals surface area contributed by atoms with Gasteiger partial charge in [-0.15, -0.1) is 11.3 Å². The molecule has 0 aliphatic carbocycles. The molecule has 2 aromatic rings. The van der Waals surface area contributed by atoms with Crippen LogP contribution in [-0.2, 0) is 13.0 Å². The van der Waals surface area contributed by atoms with Crippen molar-refractivity contribution in [3.05, 3.63) is 21.3 Å². The summed E-state index contributed by atoms with van der Waals surface area (Å²) in [5.74, 6) is 0. The van der Waals surface area contributed by atoms with Crippen LogP contribution in [0.2, 0.25) is 0 Å². The van der Waals surface area contributed by atoms with E-state index in [9.17, 15) is 4.79 Å². The van der Waals surface area contributed by atoms with Gasteiger partial charge in [0.05, 0.1) is 5.39 Å². The molecule has 22 heavy (non-hydrogen) atoms. The van der Waals surface area contributed by atoms with Crippen LogP contribution in [0.5, 0.6) is 0 Å². The van der Waals surface area contributed by atoms with Crippen LogP contribution in [0.1, 0.15) is 31.1 Å². The standard InChI is InChI=1S/C16H23N3OS2/c1-3-12-11-13-14(22-12)17-16(21-2)19(15(13)20)10-9-18-7-5-4-6-8-18/h11H,3-10H2,1-2H3. The summed E-state index contributed by atoms with van der Waals surface area (Å²) in [7, 11) is 0. The van der Waals surface area contributed by atoms with Gasteiger partial charge in [-0.1, -0.05) is 25.1 Å². The molecule has 6 heteroatoms. The van der Waals surface area contributed by atoms with Gasteiger partial charge < -0.3 is 4.90 Å². The third kappa shape index (κ3) is 3.24. The lowest BCUT2D eigenvalue weighted by atomic mass is 10.1. The topological polar surface area (TPSA) is 38.1 Å². The third-order valence-corrected chi connectivity index (χ3v) is 6.14. The Kier molecular flexibility index (Phi) is 5.21. The second-order valence-corrected chi connectivity index (χ2v) is 7.63. The zero-order valence-corrected chi connectivity index (χ0v) is 14.9. The number of hydrogen-bond acceptors (Lipinski definition) is 5. The summed E-state index contributed by atoms with van der Waals surface area (Å²) in [5.41, 5.74) is 0.127. The molecule has 4 nitrogen and oxygen atoms in total. The fourth-order valence-electron chi connectivity index (χ4n) is 3.00. The number of nitrogens with zero attached hydrogens (tertiary/aromatic N) is 3. The van der Waals surface area contributed by atoms with E-state index >= 15 is 0 Å². The maximum absolute atomic E-state index is 12.8. The van der Waals surface area contributed by atoms with Gasteiger partial charge in [0.15, 0.2) is 5.16 Å². The number of hydrogen-bond donors (Lipinski definition) is 0. The van der Waals surface area contributed by atoms with Crippen LogP contribution in [-0.4, -0.2) is 40.3 Å². The number of rotatable bonds is 5. The molecule has 0 amide bonds. The molecule has 1 aliphatic rings. The Hall–Kier alpha value is -0.850. The van der Waals surface area contributed by atoms with Gasteiger partial charge >= 0.3 is 0 Å². The summed E-state index contributed by atoms with van der Waals surface area (Å²) in [6.45, 7) is 6.14. The van der Waals surface area contributed by atoms with Crippen molar-refractivity contribution in [3.8, 4) is 0 Å². The van der Waals surface area contributed by atoms with Crippen LogP contribution in [0.25, 0.3) is 10.2 Å². The summed E-state index contributed by atoms with van der Waals surface area (Å²) >= 11 is 3.22. The van der Waals surface area contributed by atoms with E-state index in [-0.39, 0.29) is 5.56 Å². The Morgan fingerprint density at radius 3 is 2.73 bits per heavy atom. The second kappa shape index (κ2) is 7.15. The molecule has 0 saturated carbocycles. The smallest absolute Gasteiger partial charge is 0.262 e. The fourth-order valence-corrected chi connectivity index (χ4v) is 4.59. The van der Waals surface area contributed by atoms with E-state index in [0.29, 0.717) is 0 Å². The summed E-state index contributed by atoms with van der Waals surface area (Å²) in [6, 6.07) is 2.02. The number of piperidine rings is 1. The second-order valence-electron chi connectivity index (χ2n) is 5.74. The SMILES string of the molecule is CCc1cc2c(=O)n(CCN3CCCCC3)c(SC)nc2s1. The number of fused-ring (bicyclic) bond motifs is 1. The number of likely N-dealkylation sites (tertiary alicyclic amines) is 1. The first kappa shape index (κ1) is 16.0. The van der Waals surface area contributed by atoms with E-state index in [4.69, 9.17) is 4.98 Å². The molecule has 0 radical (unpaired) electrons. The lowest BCUT2D eigenvalue weighted by Crippen LogP contribution is -2.35. The van der Waals surface area contributed by atoms with Crippen LogP contribution in [0.4, 0.5) is 0 Å². The summed E-state index contributed by atoms with van der Waals surface area (Å²) in [4.78, 5) is 22.1. The average molecular weight is 338 g/mol. The maximum Gasteiger partial charge on any atom is 0.262 e. The number of thiophene rings is 1. The number of thioether (sulfide) groups is 1. The quantitative estimate of drug-likeness (QED) is 0.620. The molecular formula is C16H23N3OS2. The predicted octanol–water partition coefficient (Wildman–Crippen LogP) is 3.23. The zero-order chi connectivity index (χ0) is 15.5. The first-order chi connectivity index (χ1) is 10.7. The van der Waals surface area contributed by atoms with Gasteiger partial charge in [-0.05, 0) is 44.7 Å². The van der Waals surface area contributed by atoms with Crippen molar-refractivity contribution in [2.75, 3.05) is 25.9 Å². The lowest BCUT2D eigenvalue weighted by Gasteiger charge is -2.26. The van der Waals surface area contributed by atoms with E-state index in [0.717, 1.165) is 48.0 Å². The van der Waals surface area contributed by atoms with Crippen LogP contribution in [0.3, 0.4) is 0 Å². The Bertz CT molecular complexity index is 701. The molecule has 0 bridgehead atoms. The predicted molar refractivity (Wildman–Crippen MR) is 95.3 cm³/mol. The number of aryl methyl sites for hydroxylation is 1. The van der Waals surface area contributed by atoms with Crippen LogP contribution < -0.4 is 5.56 Å². The van der Waals surface area contributed by atoms with Crippen molar-refractivity contribution in [2.45, 2.75) is 44.3 Å². The van der Waals surface area contributed by atoms with E-state index in [1.807, 2.05) is 16.9 Å². The summed E-state index contributed by atoms with van der Waals surface area (Å²) in [5, 5.41) is 1.64. The highest BCUT2D eigenvalue weighted by Crippen LogP contribution is 2.24. The minimum absolute atomic E-state index is 0.127. The molecule has 120 valence electrons. The molecule has 0 N–H and O–H groups in total. The van der Waals surface area contributed by atoms with Crippen LogP contribution in [0.15, 0.2) is 16.0 Å². The maximum atomic E-state index is 12.8. The highest BCUT2D eigenvalue weighted by Gasteiger charge is 2.15. The first-order valence-electron chi connectivity index (χ1n) is 8.02. The lowest BCUT2D eigenvalue weighted by molar-refractivity contribution is 0.217. The summed E-state index contributed by atoms with van der Waals surface area (Å²) < 4.78 is 1.87. The van der Waals surface area contributed by atoms with Gasteiger partial charge in [-0.3, -0.25) is 9.36 Å². The zero-order valence-electron chi connectivity index (χ0n) is 13.3. The van der Waals surface area contributed by atoms with Crippen molar-refractivity contribution < 1.29 is 0 Å². The molecule has 0 aromatic carbocycles. The fraction of sp³-hybridized carbons (Fsp3) is 0.625. The first-order valence-corrected chi connectivity index (χ1v) is 10.1. The van der Waals surface area contributed by atoms with Crippen molar-refractivity contribution in [2.24, 2.45) is 0 Å². The van der Waals surface area contributed by atoms with Gasteiger partial charge in [-0.25, -0.2) is 4.98 Å². The molecule has 0 atom stereocenters. The van der Waals surface area contributed by atoms with Gasteiger partial charge in [-0.2, -0.15) is 0 Å². The molecule has 3 rings (SSSR count). The Labute approximate surface area is 139 Å². The third-order valence-electron chi connectivity index (χ3n) is 4.29. The average Bonchev–Trinajstić information content (AvgIpc) is 2.98. The molecule has 2 aromatic heterocycles. The van der Waals surface area contributed by atoms with Crippen molar-refractivity contribution in [1.29, 1.82) is 0 Å². The molecular weight excluding hydrogens is 314 g/mol. The molecule has 1 fully saturated rings. The minimum Gasteiger partial charge on any atom is -0.302 e. The monoisotopic (exact) mass is 337 g/mol. The van der Waals surface area contributed by atoms with E-state index in [1.165, 1.54) is 24.1 Å². The van der Waals surface area contributed by atoms with Gasteiger partial charge in [0.25, 0.3) is 5.56 Å². The Morgan fingerprint density at radius 1 is 1.27 bits per heavy atom. The Balaban J connectivity index is 1.89.